The van der Waals surface area contributed by atoms with E-state index in [1.807, 2.05) is 0 Å². The second-order valence-corrected chi connectivity index (χ2v) is 4.58. The van der Waals surface area contributed by atoms with Crippen molar-refractivity contribution >= 4 is 39.7 Å². The Kier molecular flexibility index (Phi) is 13.0. The molecule has 0 unspecified atom stereocenters. The molecule has 0 saturated heterocycles. The molecule has 1 aromatic carbocycles. The van der Waals surface area contributed by atoms with Crippen LogP contribution in [0.2, 0.25) is 10.0 Å². The third-order valence-electron chi connectivity index (χ3n) is 1.26. The van der Waals surface area contributed by atoms with Gasteiger partial charge in [-0.05, 0) is 17.7 Å². The molecule has 112 valence electrons. The van der Waals surface area contributed by atoms with Crippen molar-refractivity contribution in [3.63, 3.8) is 0 Å². The van der Waals surface area contributed by atoms with Gasteiger partial charge < -0.3 is 29.8 Å². The number of phenols is 1. The molecule has 0 spiro atoms. The Hall–Kier alpha value is -0.140. The maximum Gasteiger partial charge on any atom is 0.314 e. The zero-order valence-electron chi connectivity index (χ0n) is 9.12. The van der Waals surface area contributed by atoms with E-state index in [4.69, 9.17) is 62.1 Å². The molecular weight excluding hydrogens is 345 g/mol. The summed E-state index contributed by atoms with van der Waals surface area (Å²) in [5.41, 5.74) is 0.581. The summed E-state index contributed by atoms with van der Waals surface area (Å²) >= 11 is 11.1. The van der Waals surface area contributed by atoms with Crippen LogP contribution in [-0.2, 0) is 15.7 Å². The number of benzene rings is 1. The molecule has 0 heterocycles. The van der Waals surface area contributed by atoms with E-state index in [-0.39, 0.29) is 22.4 Å². The zero-order chi connectivity index (χ0) is 15.6. The Morgan fingerprint density at radius 2 is 1.21 bits per heavy atom. The summed E-state index contributed by atoms with van der Waals surface area (Å²) in [5, 5.41) is 18.1. The lowest BCUT2D eigenvalue weighted by atomic mass is 10.2. The van der Waals surface area contributed by atoms with Crippen molar-refractivity contribution in [3.05, 3.63) is 27.7 Å². The van der Waals surface area contributed by atoms with Gasteiger partial charge in [-0.15, -0.1) is 0 Å². The van der Waals surface area contributed by atoms with Crippen molar-refractivity contribution in [2.45, 2.75) is 6.61 Å². The van der Waals surface area contributed by atoms with Crippen molar-refractivity contribution in [2.75, 3.05) is 0 Å². The highest BCUT2D eigenvalue weighted by molar-refractivity contribution is 7.31. The van der Waals surface area contributed by atoms with Gasteiger partial charge in [0.05, 0.1) is 16.7 Å². The van der Waals surface area contributed by atoms with Gasteiger partial charge in [0.2, 0.25) is 0 Å². The highest BCUT2D eigenvalue weighted by atomic mass is 35.5. The Bertz CT molecular complexity index is 398. The van der Waals surface area contributed by atoms with E-state index in [0.717, 1.165) is 0 Å². The smallest absolute Gasteiger partial charge is 0.314 e. The fourth-order valence-corrected chi connectivity index (χ4v) is 1.24. The molecule has 0 atom stereocenters. The molecule has 19 heavy (non-hydrogen) atoms. The van der Waals surface area contributed by atoms with E-state index >= 15 is 0 Å². The van der Waals surface area contributed by atoms with E-state index in [1.165, 1.54) is 12.1 Å². The second kappa shape index (κ2) is 11.7. The van der Waals surface area contributed by atoms with Crippen LogP contribution in [0.1, 0.15) is 5.56 Å². The van der Waals surface area contributed by atoms with Gasteiger partial charge in [-0.3, -0.25) is 9.13 Å². The SMILES string of the molecule is O=[PH](O)O.O=[PH](O)O.OCc1cc(Cl)c(O)c(Cl)c1. The van der Waals surface area contributed by atoms with Crippen molar-refractivity contribution in [2.24, 2.45) is 0 Å². The lowest BCUT2D eigenvalue weighted by Crippen LogP contribution is -1.83. The van der Waals surface area contributed by atoms with Gasteiger partial charge in [-0.25, -0.2) is 0 Å². The lowest BCUT2D eigenvalue weighted by molar-refractivity contribution is 0.281. The second-order valence-electron chi connectivity index (χ2n) is 2.63. The van der Waals surface area contributed by atoms with Gasteiger partial charge in [-0.1, -0.05) is 23.2 Å². The number of aliphatic hydroxyl groups is 1. The monoisotopic (exact) mass is 356 g/mol. The molecule has 0 amide bonds. The van der Waals surface area contributed by atoms with Gasteiger partial charge in [-0.2, -0.15) is 0 Å². The Balaban J connectivity index is 0. The Morgan fingerprint density at radius 1 is 0.947 bits per heavy atom. The summed E-state index contributed by atoms with van der Waals surface area (Å²) in [6.45, 7) is -0.139. The first-order valence-electron chi connectivity index (χ1n) is 4.23. The molecule has 6 N–H and O–H groups in total. The van der Waals surface area contributed by atoms with E-state index in [1.54, 1.807) is 0 Å². The fourth-order valence-electron chi connectivity index (χ4n) is 0.709. The van der Waals surface area contributed by atoms with Crippen LogP contribution >= 0.6 is 39.7 Å². The lowest BCUT2D eigenvalue weighted by Gasteiger charge is -2.01. The maximum absolute atomic E-state index is 9.08. The molecule has 0 fully saturated rings. The third kappa shape index (κ3) is 14.1. The minimum absolute atomic E-state index is 0.139. The fraction of sp³-hybridized carbons (Fsp3) is 0.143. The highest BCUT2D eigenvalue weighted by Gasteiger charge is 2.04. The average Bonchev–Trinajstić information content (AvgIpc) is 2.23. The van der Waals surface area contributed by atoms with Crippen molar-refractivity contribution in [1.82, 2.24) is 0 Å². The third-order valence-corrected chi connectivity index (χ3v) is 1.84. The van der Waals surface area contributed by atoms with E-state index < -0.39 is 16.5 Å². The predicted octanol–water partition coefficient (Wildman–Crippen LogP) is 0.913. The molecule has 0 aliphatic carbocycles. The van der Waals surface area contributed by atoms with Gasteiger partial charge in [0.25, 0.3) is 0 Å². The van der Waals surface area contributed by atoms with Crippen molar-refractivity contribution in [1.29, 1.82) is 0 Å². The maximum atomic E-state index is 9.08. The van der Waals surface area contributed by atoms with Gasteiger partial charge in [0, 0.05) is 0 Å². The first-order chi connectivity index (χ1) is 8.61. The topological polar surface area (TPSA) is 156 Å². The van der Waals surface area contributed by atoms with Crippen LogP contribution in [0.15, 0.2) is 12.1 Å². The summed E-state index contributed by atoms with van der Waals surface area (Å²) in [4.78, 5) is 28.6. The van der Waals surface area contributed by atoms with E-state index in [9.17, 15) is 0 Å². The number of phenolic OH excluding ortho intramolecular Hbond substituents is 1. The number of rotatable bonds is 1. The van der Waals surface area contributed by atoms with Crippen LogP contribution < -0.4 is 0 Å². The minimum Gasteiger partial charge on any atom is -0.505 e. The molecule has 0 aromatic heterocycles. The van der Waals surface area contributed by atoms with Gasteiger partial charge in [0.15, 0.2) is 5.75 Å². The van der Waals surface area contributed by atoms with Crippen molar-refractivity contribution in [3.8, 4) is 5.75 Å². The van der Waals surface area contributed by atoms with E-state index in [2.05, 4.69) is 0 Å². The standard InChI is InChI=1S/C7H6Cl2O2.2H3O3P/c8-5-1-4(3-10)2-6(9)7(5)11;2*1-4(2)3/h1-2,10-11H,3H2;2*4H,(H2,1,2,3). The molecule has 0 radical (unpaired) electrons. The Labute approximate surface area is 119 Å². The zero-order valence-corrected chi connectivity index (χ0v) is 12.6. The summed E-state index contributed by atoms with van der Waals surface area (Å²) in [6, 6.07) is 2.92. The van der Waals surface area contributed by atoms with E-state index in [0.29, 0.717) is 5.56 Å². The van der Waals surface area contributed by atoms with Gasteiger partial charge in [0.1, 0.15) is 0 Å². The van der Waals surface area contributed by atoms with Crippen LogP contribution in [0.4, 0.5) is 0 Å². The molecule has 1 rings (SSSR count). The van der Waals surface area contributed by atoms with Crippen LogP contribution in [0.25, 0.3) is 0 Å². The average molecular weight is 357 g/mol. The molecule has 0 saturated carbocycles. The predicted molar refractivity (Wildman–Crippen MR) is 70.9 cm³/mol. The Morgan fingerprint density at radius 3 is 1.42 bits per heavy atom. The number of aliphatic hydroxyl groups excluding tert-OH is 1. The first kappa shape index (κ1) is 21.2. The number of hydrogen-bond donors (Lipinski definition) is 6. The molecule has 0 aliphatic rings. The first-order valence-corrected chi connectivity index (χ1v) is 7.59. The normalized spacial score (nSPS) is 9.53. The number of hydrogen-bond acceptors (Lipinski definition) is 4. The van der Waals surface area contributed by atoms with Crippen LogP contribution in [0.3, 0.4) is 0 Å². The highest BCUT2D eigenvalue weighted by Crippen LogP contribution is 2.32. The summed E-state index contributed by atoms with van der Waals surface area (Å²) in [5.74, 6) is -0.148. The van der Waals surface area contributed by atoms with Crippen LogP contribution in [0.5, 0.6) is 5.75 Å². The molecule has 12 heteroatoms. The largest absolute Gasteiger partial charge is 0.505 e. The summed E-state index contributed by atoms with van der Waals surface area (Å²) in [7, 11) is -6.26. The van der Waals surface area contributed by atoms with Gasteiger partial charge >= 0.3 is 16.5 Å². The molecule has 0 aliphatic heterocycles. The molecular formula is C7H12Cl2O8P2. The molecule has 0 bridgehead atoms. The minimum atomic E-state index is -3.13. The quantitative estimate of drug-likeness (QED) is 0.405. The van der Waals surface area contributed by atoms with Crippen LogP contribution in [0, 0.1) is 0 Å². The summed E-state index contributed by atoms with van der Waals surface area (Å²) in [6.07, 6.45) is 0. The molecule has 1 aromatic rings. The summed E-state index contributed by atoms with van der Waals surface area (Å²) < 4.78 is 17.5. The number of aromatic hydroxyl groups is 1. The molecule has 8 nitrogen and oxygen atoms in total. The number of halogens is 2. The van der Waals surface area contributed by atoms with Crippen molar-refractivity contribution < 1.29 is 38.9 Å². The van der Waals surface area contributed by atoms with Crippen LogP contribution in [-0.4, -0.2) is 29.8 Å².